The molecule has 0 saturated carbocycles. The molecule has 0 aliphatic heterocycles. The van der Waals surface area contributed by atoms with Crippen molar-refractivity contribution in [3.8, 4) is 0 Å². The summed E-state index contributed by atoms with van der Waals surface area (Å²) in [4.78, 5) is 26.9. The molecule has 0 spiro atoms. The molecule has 4 N–H and O–H groups in total. The van der Waals surface area contributed by atoms with Crippen molar-refractivity contribution in [3.05, 3.63) is 17.8 Å². The molecule has 0 aliphatic rings. The van der Waals surface area contributed by atoms with Crippen molar-refractivity contribution in [1.82, 2.24) is 10.3 Å². The maximum Gasteiger partial charge on any atom is 0.340 e. The molecule has 0 fully saturated rings. The van der Waals surface area contributed by atoms with Gasteiger partial charge >= 0.3 is 5.97 Å². The first-order chi connectivity index (χ1) is 8.93. The number of nitrogens with two attached hydrogens (primary N) is 1. The molecule has 0 aliphatic carbocycles. The number of methoxy groups -OCH3 is 1. The number of nitrogens with zero attached hydrogens (tertiary/aromatic N) is 1. The van der Waals surface area contributed by atoms with E-state index in [1.807, 2.05) is 13.8 Å². The van der Waals surface area contributed by atoms with Crippen molar-refractivity contribution in [3.63, 3.8) is 0 Å². The van der Waals surface area contributed by atoms with Gasteiger partial charge in [-0.3, -0.25) is 4.79 Å². The van der Waals surface area contributed by atoms with Crippen molar-refractivity contribution in [1.29, 1.82) is 0 Å². The second kappa shape index (κ2) is 6.58. The lowest BCUT2D eigenvalue weighted by atomic mass is 10.2. The van der Waals surface area contributed by atoms with Gasteiger partial charge in [0.25, 0.3) is 0 Å². The topological polar surface area (TPSA) is 106 Å². The van der Waals surface area contributed by atoms with Gasteiger partial charge in [-0.05, 0) is 19.9 Å². The van der Waals surface area contributed by atoms with Crippen molar-refractivity contribution in [2.24, 2.45) is 0 Å². The molecule has 0 atom stereocenters. The number of rotatable bonds is 5. The van der Waals surface area contributed by atoms with Gasteiger partial charge in [-0.25, -0.2) is 9.78 Å². The van der Waals surface area contributed by atoms with Crippen molar-refractivity contribution in [2.75, 3.05) is 24.7 Å². The number of carbonyl (C=O) groups excluding carboxylic acids is 2. The Morgan fingerprint density at radius 1 is 1.47 bits per heavy atom. The van der Waals surface area contributed by atoms with E-state index in [9.17, 15) is 9.59 Å². The van der Waals surface area contributed by atoms with Crippen LogP contribution in [0.5, 0.6) is 0 Å². The fraction of sp³-hybridized carbons (Fsp3) is 0.417. The highest BCUT2D eigenvalue weighted by Crippen LogP contribution is 2.15. The number of esters is 1. The number of nitrogens with one attached hydrogen (secondary N) is 2. The third kappa shape index (κ3) is 4.46. The van der Waals surface area contributed by atoms with Crippen molar-refractivity contribution < 1.29 is 14.3 Å². The van der Waals surface area contributed by atoms with Crippen LogP contribution in [0.15, 0.2) is 12.3 Å². The minimum absolute atomic E-state index is 0.0652. The van der Waals surface area contributed by atoms with E-state index in [1.165, 1.54) is 19.4 Å². The first-order valence-corrected chi connectivity index (χ1v) is 5.81. The molecule has 0 aromatic carbocycles. The van der Waals surface area contributed by atoms with Crippen LogP contribution in [-0.2, 0) is 9.53 Å². The van der Waals surface area contributed by atoms with Gasteiger partial charge in [0.1, 0.15) is 5.82 Å². The number of anilines is 2. The van der Waals surface area contributed by atoms with Gasteiger partial charge in [-0.1, -0.05) is 0 Å². The van der Waals surface area contributed by atoms with E-state index in [0.29, 0.717) is 5.82 Å². The molecular weight excluding hydrogens is 248 g/mol. The van der Waals surface area contributed by atoms with E-state index >= 15 is 0 Å². The number of nitrogen functional groups attached to an aromatic ring is 1. The number of pyridine rings is 1. The molecule has 104 valence electrons. The summed E-state index contributed by atoms with van der Waals surface area (Å²) in [6.07, 6.45) is 1.34. The van der Waals surface area contributed by atoms with Crippen LogP contribution in [0.4, 0.5) is 11.5 Å². The van der Waals surface area contributed by atoms with Gasteiger partial charge in [0, 0.05) is 6.04 Å². The molecule has 0 unspecified atom stereocenters. The summed E-state index contributed by atoms with van der Waals surface area (Å²) in [6.45, 7) is 3.80. The van der Waals surface area contributed by atoms with E-state index < -0.39 is 5.97 Å². The number of ether oxygens (including phenoxy) is 1. The number of hydrogen-bond donors (Lipinski definition) is 3. The second-order valence-corrected chi connectivity index (χ2v) is 4.22. The average molecular weight is 266 g/mol. The maximum atomic E-state index is 11.5. The smallest absolute Gasteiger partial charge is 0.340 e. The SMILES string of the molecule is COC(=O)c1cc(NCC(=O)NC(C)C)ncc1N. The summed E-state index contributed by atoms with van der Waals surface area (Å²) in [7, 11) is 1.27. The van der Waals surface area contributed by atoms with Crippen LogP contribution in [0.3, 0.4) is 0 Å². The molecule has 1 heterocycles. The molecule has 1 amide bonds. The largest absolute Gasteiger partial charge is 0.465 e. The zero-order valence-electron chi connectivity index (χ0n) is 11.2. The number of aromatic nitrogens is 1. The predicted molar refractivity (Wildman–Crippen MR) is 71.8 cm³/mol. The Hall–Kier alpha value is -2.31. The monoisotopic (exact) mass is 266 g/mol. The molecule has 19 heavy (non-hydrogen) atoms. The lowest BCUT2D eigenvalue weighted by molar-refractivity contribution is -0.119. The van der Waals surface area contributed by atoms with Crippen LogP contribution in [0.1, 0.15) is 24.2 Å². The lowest BCUT2D eigenvalue weighted by Gasteiger charge is -2.10. The zero-order chi connectivity index (χ0) is 14.4. The Morgan fingerprint density at radius 2 is 2.16 bits per heavy atom. The van der Waals surface area contributed by atoms with Gasteiger partial charge < -0.3 is 21.1 Å². The third-order valence-corrected chi connectivity index (χ3v) is 2.22. The van der Waals surface area contributed by atoms with E-state index in [2.05, 4.69) is 20.4 Å². The highest BCUT2D eigenvalue weighted by atomic mass is 16.5. The average Bonchev–Trinajstić information content (AvgIpc) is 2.36. The Bertz CT molecular complexity index is 474. The van der Waals surface area contributed by atoms with E-state index in [1.54, 1.807) is 0 Å². The molecule has 0 bridgehead atoms. The summed E-state index contributed by atoms with van der Waals surface area (Å²) in [5.74, 6) is -0.323. The molecular formula is C12H18N4O3. The normalized spacial score (nSPS) is 10.1. The summed E-state index contributed by atoms with van der Waals surface area (Å²) >= 11 is 0. The molecule has 1 aromatic heterocycles. The number of carbonyl (C=O) groups is 2. The molecule has 0 saturated heterocycles. The molecule has 7 heteroatoms. The fourth-order valence-corrected chi connectivity index (χ4v) is 1.39. The van der Waals surface area contributed by atoms with E-state index in [-0.39, 0.29) is 29.7 Å². The van der Waals surface area contributed by atoms with Crippen molar-refractivity contribution in [2.45, 2.75) is 19.9 Å². The van der Waals surface area contributed by atoms with E-state index in [4.69, 9.17) is 5.73 Å². The highest BCUT2D eigenvalue weighted by Gasteiger charge is 2.12. The van der Waals surface area contributed by atoms with E-state index in [0.717, 1.165) is 0 Å². The molecule has 7 nitrogen and oxygen atoms in total. The van der Waals surface area contributed by atoms with Crippen LogP contribution >= 0.6 is 0 Å². The Balaban J connectivity index is 2.70. The maximum absolute atomic E-state index is 11.5. The minimum Gasteiger partial charge on any atom is -0.465 e. The molecule has 0 radical (unpaired) electrons. The third-order valence-electron chi connectivity index (χ3n) is 2.22. The Labute approximate surface area is 111 Å². The Kier molecular flexibility index (Phi) is 5.11. The lowest BCUT2D eigenvalue weighted by Crippen LogP contribution is -2.35. The zero-order valence-corrected chi connectivity index (χ0v) is 11.2. The van der Waals surface area contributed by atoms with Gasteiger partial charge in [0.2, 0.25) is 5.91 Å². The molecule has 1 rings (SSSR count). The van der Waals surface area contributed by atoms with Gasteiger partial charge in [0.05, 0.1) is 31.1 Å². The van der Waals surface area contributed by atoms with Gasteiger partial charge in [-0.15, -0.1) is 0 Å². The van der Waals surface area contributed by atoms with Crippen LogP contribution in [-0.4, -0.2) is 36.6 Å². The predicted octanol–water partition coefficient (Wildman–Crippen LogP) is 0.387. The van der Waals surface area contributed by atoms with Gasteiger partial charge in [-0.2, -0.15) is 0 Å². The Morgan fingerprint density at radius 3 is 2.74 bits per heavy atom. The molecule has 1 aromatic rings. The first kappa shape index (κ1) is 14.7. The van der Waals surface area contributed by atoms with Crippen LogP contribution in [0, 0.1) is 0 Å². The van der Waals surface area contributed by atoms with Crippen LogP contribution in [0.2, 0.25) is 0 Å². The standard InChI is InChI=1S/C12H18N4O3/c1-7(2)16-11(17)6-15-10-4-8(12(18)19-3)9(13)5-14-10/h4-5,7H,6,13H2,1-3H3,(H,14,15)(H,16,17). The van der Waals surface area contributed by atoms with Crippen molar-refractivity contribution >= 4 is 23.4 Å². The van der Waals surface area contributed by atoms with Gasteiger partial charge in [0.15, 0.2) is 0 Å². The minimum atomic E-state index is -0.547. The fourth-order valence-electron chi connectivity index (χ4n) is 1.39. The summed E-state index contributed by atoms with van der Waals surface area (Å²) in [5.41, 5.74) is 6.06. The number of amides is 1. The summed E-state index contributed by atoms with van der Waals surface area (Å²) in [6, 6.07) is 1.52. The summed E-state index contributed by atoms with van der Waals surface area (Å²) < 4.78 is 4.60. The van der Waals surface area contributed by atoms with Crippen LogP contribution in [0.25, 0.3) is 0 Å². The summed E-state index contributed by atoms with van der Waals surface area (Å²) in [5, 5.41) is 5.54. The first-order valence-electron chi connectivity index (χ1n) is 5.81. The quantitative estimate of drug-likeness (QED) is 0.665. The van der Waals surface area contributed by atoms with Crippen LogP contribution < -0.4 is 16.4 Å². The highest BCUT2D eigenvalue weighted by molar-refractivity contribution is 5.95. The second-order valence-electron chi connectivity index (χ2n) is 4.22. The number of hydrogen-bond acceptors (Lipinski definition) is 6.